The smallest absolute Gasteiger partial charge is 0.293 e. The summed E-state index contributed by atoms with van der Waals surface area (Å²) in [6.07, 6.45) is 3.76. The van der Waals surface area contributed by atoms with E-state index in [0.29, 0.717) is 23.6 Å². The van der Waals surface area contributed by atoms with Gasteiger partial charge in [-0.3, -0.25) is 4.79 Å². The molecule has 0 spiro atoms. The first-order valence-corrected chi connectivity index (χ1v) is 9.09. The van der Waals surface area contributed by atoms with Gasteiger partial charge in [0.1, 0.15) is 11.5 Å². The zero-order valence-electron chi connectivity index (χ0n) is 15.0. The number of likely N-dealkylation sites (tertiary alicyclic amines) is 1. The summed E-state index contributed by atoms with van der Waals surface area (Å²) in [6.45, 7) is 2.45. The highest BCUT2D eigenvalue weighted by Crippen LogP contribution is 2.32. The Morgan fingerprint density at radius 3 is 2.78 bits per heavy atom. The van der Waals surface area contributed by atoms with Crippen LogP contribution in [0, 0.1) is 12.7 Å². The van der Waals surface area contributed by atoms with E-state index in [1.165, 1.54) is 12.1 Å². The number of carbonyl (C=O) groups excluding carboxylic acids is 1. The zero-order chi connectivity index (χ0) is 18.8. The van der Waals surface area contributed by atoms with Crippen LogP contribution in [0.5, 0.6) is 0 Å². The van der Waals surface area contributed by atoms with E-state index in [0.717, 1.165) is 31.4 Å². The number of hydrogen-bond acceptors (Lipinski definition) is 5. The van der Waals surface area contributed by atoms with Gasteiger partial charge in [0.2, 0.25) is 5.76 Å². The van der Waals surface area contributed by atoms with Gasteiger partial charge in [0.15, 0.2) is 5.76 Å². The van der Waals surface area contributed by atoms with Crippen LogP contribution < -0.4 is 0 Å². The van der Waals surface area contributed by atoms with Gasteiger partial charge < -0.3 is 13.9 Å². The Morgan fingerprint density at radius 1 is 1.15 bits per heavy atom. The van der Waals surface area contributed by atoms with E-state index in [9.17, 15) is 9.18 Å². The fourth-order valence-corrected chi connectivity index (χ4v) is 3.50. The van der Waals surface area contributed by atoms with Crippen molar-refractivity contribution in [2.75, 3.05) is 6.54 Å². The predicted octanol–water partition coefficient (Wildman–Crippen LogP) is 4.53. The molecule has 1 atom stereocenters. The molecule has 6 nitrogen and oxygen atoms in total. The molecule has 1 amide bonds. The Bertz CT molecular complexity index is 949. The topological polar surface area (TPSA) is 72.4 Å². The Kier molecular flexibility index (Phi) is 4.75. The molecule has 3 aromatic rings. The summed E-state index contributed by atoms with van der Waals surface area (Å²) in [5.74, 6) is 0.0913. The van der Waals surface area contributed by atoms with Gasteiger partial charge in [0, 0.05) is 24.2 Å². The summed E-state index contributed by atoms with van der Waals surface area (Å²) in [6, 6.07) is 9.44. The molecule has 7 heteroatoms. The van der Waals surface area contributed by atoms with Crippen molar-refractivity contribution < 1.29 is 18.2 Å². The maximum atomic E-state index is 14.0. The molecule has 2 aromatic heterocycles. The third-order valence-electron chi connectivity index (χ3n) is 4.86. The number of halogens is 1. The molecule has 1 aliphatic rings. The minimum absolute atomic E-state index is 0.0939. The van der Waals surface area contributed by atoms with Gasteiger partial charge >= 0.3 is 0 Å². The number of aryl methyl sites for hydroxylation is 1. The van der Waals surface area contributed by atoms with Crippen molar-refractivity contribution in [1.82, 2.24) is 15.2 Å². The molecule has 0 aliphatic carbocycles. The molecular formula is C20H20FN3O3. The van der Waals surface area contributed by atoms with Crippen LogP contribution in [-0.4, -0.2) is 27.7 Å². The van der Waals surface area contributed by atoms with Crippen molar-refractivity contribution in [3.63, 3.8) is 0 Å². The van der Waals surface area contributed by atoms with Gasteiger partial charge in [-0.05, 0) is 31.9 Å². The van der Waals surface area contributed by atoms with Gasteiger partial charge in [-0.2, -0.15) is 0 Å². The van der Waals surface area contributed by atoms with Crippen LogP contribution in [0.3, 0.4) is 0 Å². The van der Waals surface area contributed by atoms with Crippen LogP contribution >= 0.6 is 0 Å². The first kappa shape index (κ1) is 17.5. The van der Waals surface area contributed by atoms with E-state index >= 15 is 0 Å². The summed E-state index contributed by atoms with van der Waals surface area (Å²) >= 11 is 0. The first-order valence-electron chi connectivity index (χ1n) is 9.09. The molecule has 0 bridgehead atoms. The highest BCUT2D eigenvalue weighted by Gasteiger charge is 2.32. The molecule has 1 fully saturated rings. The van der Waals surface area contributed by atoms with Crippen molar-refractivity contribution in [2.45, 2.75) is 38.6 Å². The number of benzene rings is 1. The highest BCUT2D eigenvalue weighted by molar-refractivity contribution is 5.92. The maximum Gasteiger partial charge on any atom is 0.293 e. The molecule has 0 radical (unpaired) electrons. The lowest BCUT2D eigenvalue weighted by molar-refractivity contribution is 0.0609. The lowest BCUT2D eigenvalue weighted by Crippen LogP contribution is -2.34. The number of rotatable bonds is 3. The second-order valence-corrected chi connectivity index (χ2v) is 6.79. The second kappa shape index (κ2) is 7.34. The Hall–Kier alpha value is -2.96. The third kappa shape index (κ3) is 3.49. The van der Waals surface area contributed by atoms with Crippen LogP contribution in [0.1, 0.15) is 53.7 Å². The summed E-state index contributed by atoms with van der Waals surface area (Å²) < 4.78 is 24.7. The standard InChI is InChI=1S/C20H20FN3O3/c1-13-11-18(26-22-13)17-9-3-2-6-10-24(17)20(25)19-12-16(23-27-19)14-7-4-5-8-15(14)21/h4-5,7-8,11-12,17H,2-3,6,9-10H2,1H3/t17-/m1/s1. The summed E-state index contributed by atoms with van der Waals surface area (Å²) in [4.78, 5) is 14.9. The molecule has 1 aliphatic heterocycles. The Labute approximate surface area is 155 Å². The van der Waals surface area contributed by atoms with Crippen LogP contribution in [-0.2, 0) is 0 Å². The molecular weight excluding hydrogens is 349 g/mol. The monoisotopic (exact) mass is 369 g/mol. The molecule has 0 N–H and O–H groups in total. The Balaban J connectivity index is 1.63. The number of aromatic nitrogens is 2. The quantitative estimate of drug-likeness (QED) is 0.678. The zero-order valence-corrected chi connectivity index (χ0v) is 15.0. The van der Waals surface area contributed by atoms with Crippen molar-refractivity contribution >= 4 is 5.91 Å². The summed E-state index contributed by atoms with van der Waals surface area (Å²) in [5.41, 5.74) is 1.39. The van der Waals surface area contributed by atoms with Crippen LogP contribution in [0.25, 0.3) is 11.3 Å². The van der Waals surface area contributed by atoms with Gasteiger partial charge in [0.05, 0.1) is 11.7 Å². The van der Waals surface area contributed by atoms with Gasteiger partial charge in [-0.15, -0.1) is 0 Å². The number of carbonyl (C=O) groups is 1. The van der Waals surface area contributed by atoms with Crippen LogP contribution in [0.2, 0.25) is 0 Å². The molecule has 140 valence electrons. The summed E-state index contributed by atoms with van der Waals surface area (Å²) in [5, 5.41) is 7.84. The second-order valence-electron chi connectivity index (χ2n) is 6.79. The highest BCUT2D eigenvalue weighted by atomic mass is 19.1. The molecule has 3 heterocycles. The SMILES string of the molecule is Cc1cc([C@H]2CCCCCN2C(=O)c2cc(-c3ccccc3F)no2)on1. The van der Waals surface area contributed by atoms with E-state index in [2.05, 4.69) is 10.3 Å². The van der Waals surface area contributed by atoms with E-state index in [1.807, 2.05) is 13.0 Å². The molecule has 0 saturated carbocycles. The van der Waals surface area contributed by atoms with Crippen molar-refractivity contribution in [3.05, 3.63) is 59.4 Å². The fourth-order valence-electron chi connectivity index (χ4n) is 3.50. The molecule has 0 unspecified atom stereocenters. The Morgan fingerprint density at radius 2 is 2.00 bits per heavy atom. The minimum atomic E-state index is -0.408. The van der Waals surface area contributed by atoms with E-state index in [4.69, 9.17) is 9.05 Å². The first-order chi connectivity index (χ1) is 13.1. The van der Waals surface area contributed by atoms with E-state index in [1.54, 1.807) is 23.1 Å². The molecule has 27 heavy (non-hydrogen) atoms. The van der Waals surface area contributed by atoms with Gasteiger partial charge in [0.25, 0.3) is 5.91 Å². The normalized spacial score (nSPS) is 17.7. The van der Waals surface area contributed by atoms with Crippen molar-refractivity contribution in [3.8, 4) is 11.3 Å². The lowest BCUT2D eigenvalue weighted by Gasteiger charge is -2.27. The molecule has 1 saturated heterocycles. The molecule has 1 aromatic carbocycles. The number of nitrogens with zero attached hydrogens (tertiary/aromatic N) is 3. The average molecular weight is 369 g/mol. The van der Waals surface area contributed by atoms with Crippen molar-refractivity contribution in [2.24, 2.45) is 0 Å². The number of amides is 1. The average Bonchev–Trinajstić information content (AvgIpc) is 3.25. The molecule has 4 rings (SSSR count). The van der Waals surface area contributed by atoms with E-state index in [-0.39, 0.29) is 17.7 Å². The van der Waals surface area contributed by atoms with Crippen LogP contribution in [0.4, 0.5) is 4.39 Å². The van der Waals surface area contributed by atoms with Gasteiger partial charge in [-0.25, -0.2) is 4.39 Å². The van der Waals surface area contributed by atoms with Crippen molar-refractivity contribution in [1.29, 1.82) is 0 Å². The van der Waals surface area contributed by atoms with E-state index < -0.39 is 5.82 Å². The van der Waals surface area contributed by atoms with Crippen LogP contribution in [0.15, 0.2) is 45.4 Å². The summed E-state index contributed by atoms with van der Waals surface area (Å²) in [7, 11) is 0. The maximum absolute atomic E-state index is 14.0. The number of hydrogen-bond donors (Lipinski definition) is 0. The van der Waals surface area contributed by atoms with Gasteiger partial charge in [-0.1, -0.05) is 35.3 Å². The predicted molar refractivity (Wildman–Crippen MR) is 95.4 cm³/mol. The lowest BCUT2D eigenvalue weighted by atomic mass is 10.1. The largest absolute Gasteiger partial charge is 0.359 e. The minimum Gasteiger partial charge on any atom is -0.359 e. The third-order valence-corrected chi connectivity index (χ3v) is 4.86. The fraction of sp³-hybridized carbons (Fsp3) is 0.350.